The van der Waals surface area contributed by atoms with Gasteiger partial charge in [0.05, 0.1) is 0 Å². The molecule has 0 aromatic rings. The van der Waals surface area contributed by atoms with Crippen LogP contribution < -0.4 is 5.32 Å². The van der Waals surface area contributed by atoms with E-state index in [1.807, 2.05) is 6.92 Å². The molecule has 2 atom stereocenters. The third-order valence-corrected chi connectivity index (χ3v) is 2.47. The smallest absolute Gasteiger partial charge is 0.0468 e. The summed E-state index contributed by atoms with van der Waals surface area (Å²) in [6.07, 6.45) is 3.22. The summed E-state index contributed by atoms with van der Waals surface area (Å²) in [6, 6.07) is 0. The topological polar surface area (TPSA) is 52.5 Å². The van der Waals surface area contributed by atoms with E-state index in [9.17, 15) is 0 Å². The van der Waals surface area contributed by atoms with Gasteiger partial charge in [-0.15, -0.1) is 0 Å². The van der Waals surface area contributed by atoms with Crippen molar-refractivity contribution in [2.24, 2.45) is 11.8 Å². The van der Waals surface area contributed by atoms with Crippen LogP contribution in [0.1, 0.15) is 33.1 Å². The van der Waals surface area contributed by atoms with Crippen LogP contribution in [0.3, 0.4) is 0 Å². The molecule has 3 N–H and O–H groups in total. The monoisotopic (exact) mass is 203 g/mol. The molecule has 0 aromatic carbocycles. The Bertz CT molecular complexity index is 114. The molecule has 0 bridgehead atoms. The molecule has 0 saturated heterocycles. The maximum Gasteiger partial charge on any atom is 0.0468 e. The zero-order chi connectivity index (χ0) is 10.8. The number of hydrogen-bond acceptors (Lipinski definition) is 3. The lowest BCUT2D eigenvalue weighted by Crippen LogP contribution is -2.29. The van der Waals surface area contributed by atoms with Gasteiger partial charge in [0, 0.05) is 13.2 Å². The summed E-state index contributed by atoms with van der Waals surface area (Å²) >= 11 is 0. The SMILES string of the molecule is CCCC(CCO)CNCC(C)CO. The molecule has 3 heteroatoms. The number of hydrogen-bond donors (Lipinski definition) is 3. The van der Waals surface area contributed by atoms with Crippen LogP contribution in [-0.2, 0) is 0 Å². The van der Waals surface area contributed by atoms with Crippen LogP contribution in [0.4, 0.5) is 0 Å². The third kappa shape index (κ3) is 7.30. The zero-order valence-corrected chi connectivity index (χ0v) is 9.50. The van der Waals surface area contributed by atoms with Crippen molar-refractivity contribution < 1.29 is 10.2 Å². The van der Waals surface area contributed by atoms with E-state index in [1.54, 1.807) is 0 Å². The van der Waals surface area contributed by atoms with E-state index < -0.39 is 0 Å². The Morgan fingerprint density at radius 3 is 2.36 bits per heavy atom. The number of aliphatic hydroxyl groups is 2. The van der Waals surface area contributed by atoms with Crippen LogP contribution in [-0.4, -0.2) is 36.5 Å². The van der Waals surface area contributed by atoms with Gasteiger partial charge in [0.1, 0.15) is 0 Å². The molecule has 86 valence electrons. The first kappa shape index (κ1) is 13.9. The number of aliphatic hydroxyl groups excluding tert-OH is 2. The molecular formula is C11H25NO2. The van der Waals surface area contributed by atoms with E-state index >= 15 is 0 Å². The van der Waals surface area contributed by atoms with Crippen molar-refractivity contribution in [3.63, 3.8) is 0 Å². The summed E-state index contributed by atoms with van der Waals surface area (Å²) in [5.74, 6) is 0.905. The Morgan fingerprint density at radius 2 is 1.86 bits per heavy atom. The summed E-state index contributed by atoms with van der Waals surface area (Å²) in [6.45, 7) is 6.53. The van der Waals surface area contributed by atoms with E-state index in [-0.39, 0.29) is 13.2 Å². The summed E-state index contributed by atoms with van der Waals surface area (Å²) < 4.78 is 0. The molecule has 0 aliphatic heterocycles. The van der Waals surface area contributed by atoms with Crippen LogP contribution in [0.25, 0.3) is 0 Å². The van der Waals surface area contributed by atoms with Crippen molar-refractivity contribution in [3.05, 3.63) is 0 Å². The third-order valence-electron chi connectivity index (χ3n) is 2.47. The molecule has 0 heterocycles. The van der Waals surface area contributed by atoms with Gasteiger partial charge in [-0.3, -0.25) is 0 Å². The minimum Gasteiger partial charge on any atom is -0.396 e. The molecule has 0 spiro atoms. The quantitative estimate of drug-likeness (QED) is 0.524. The van der Waals surface area contributed by atoms with Crippen LogP contribution >= 0.6 is 0 Å². The number of rotatable bonds is 9. The molecule has 0 saturated carbocycles. The van der Waals surface area contributed by atoms with Gasteiger partial charge in [-0.05, 0) is 37.8 Å². The first-order valence-corrected chi connectivity index (χ1v) is 5.67. The van der Waals surface area contributed by atoms with Gasteiger partial charge in [0.15, 0.2) is 0 Å². The largest absolute Gasteiger partial charge is 0.396 e. The zero-order valence-electron chi connectivity index (χ0n) is 9.50. The van der Waals surface area contributed by atoms with Crippen LogP contribution in [0.5, 0.6) is 0 Å². The highest BCUT2D eigenvalue weighted by molar-refractivity contribution is 4.63. The Morgan fingerprint density at radius 1 is 1.14 bits per heavy atom. The minimum atomic E-state index is 0.242. The lowest BCUT2D eigenvalue weighted by molar-refractivity contribution is 0.224. The van der Waals surface area contributed by atoms with Gasteiger partial charge in [-0.2, -0.15) is 0 Å². The highest BCUT2D eigenvalue weighted by Crippen LogP contribution is 2.09. The van der Waals surface area contributed by atoms with E-state index in [0.717, 1.165) is 19.5 Å². The second-order valence-corrected chi connectivity index (χ2v) is 4.11. The lowest BCUT2D eigenvalue weighted by Gasteiger charge is -2.17. The molecule has 0 aromatic heterocycles. The van der Waals surface area contributed by atoms with E-state index in [0.29, 0.717) is 11.8 Å². The standard InChI is InChI=1S/C11H25NO2/c1-3-4-11(5-6-13)8-12-7-10(2)9-14/h10-14H,3-9H2,1-2H3. The van der Waals surface area contributed by atoms with Gasteiger partial charge in [0.25, 0.3) is 0 Å². The Balaban J connectivity index is 3.49. The van der Waals surface area contributed by atoms with Crippen LogP contribution in [0.2, 0.25) is 0 Å². The summed E-state index contributed by atoms with van der Waals surface area (Å²) in [4.78, 5) is 0. The Kier molecular flexibility index (Phi) is 9.35. The molecule has 0 amide bonds. The van der Waals surface area contributed by atoms with Gasteiger partial charge in [-0.1, -0.05) is 20.3 Å². The Labute approximate surface area is 87.5 Å². The van der Waals surface area contributed by atoms with Crippen molar-refractivity contribution in [2.45, 2.75) is 33.1 Å². The van der Waals surface area contributed by atoms with Crippen LogP contribution in [0, 0.1) is 11.8 Å². The summed E-state index contributed by atoms with van der Waals surface area (Å²) in [5, 5.41) is 21.0. The predicted octanol–water partition coefficient (Wildman–Crippen LogP) is 1.00. The van der Waals surface area contributed by atoms with Crippen molar-refractivity contribution >= 4 is 0 Å². The molecular weight excluding hydrogens is 178 g/mol. The van der Waals surface area contributed by atoms with Gasteiger partial charge in [-0.25, -0.2) is 0 Å². The molecule has 0 rings (SSSR count). The van der Waals surface area contributed by atoms with Gasteiger partial charge in [0.2, 0.25) is 0 Å². The lowest BCUT2D eigenvalue weighted by atomic mass is 10.00. The fraction of sp³-hybridized carbons (Fsp3) is 1.00. The van der Waals surface area contributed by atoms with E-state index in [4.69, 9.17) is 10.2 Å². The minimum absolute atomic E-state index is 0.242. The molecule has 0 aliphatic rings. The normalized spacial score (nSPS) is 15.4. The Hall–Kier alpha value is -0.120. The molecule has 0 fully saturated rings. The molecule has 14 heavy (non-hydrogen) atoms. The van der Waals surface area contributed by atoms with Crippen molar-refractivity contribution in [1.29, 1.82) is 0 Å². The predicted molar refractivity (Wildman–Crippen MR) is 59.2 cm³/mol. The van der Waals surface area contributed by atoms with Gasteiger partial charge >= 0.3 is 0 Å². The first-order chi connectivity index (χ1) is 6.74. The van der Waals surface area contributed by atoms with Crippen LogP contribution in [0.15, 0.2) is 0 Å². The maximum atomic E-state index is 8.85. The van der Waals surface area contributed by atoms with Gasteiger partial charge < -0.3 is 15.5 Å². The van der Waals surface area contributed by atoms with E-state index in [1.165, 1.54) is 12.8 Å². The molecule has 3 nitrogen and oxygen atoms in total. The van der Waals surface area contributed by atoms with Crippen molar-refractivity contribution in [2.75, 3.05) is 26.3 Å². The number of nitrogens with one attached hydrogen (secondary N) is 1. The average molecular weight is 203 g/mol. The molecule has 2 unspecified atom stereocenters. The highest BCUT2D eigenvalue weighted by atomic mass is 16.3. The highest BCUT2D eigenvalue weighted by Gasteiger charge is 2.07. The second kappa shape index (κ2) is 9.44. The maximum absolute atomic E-state index is 8.85. The summed E-state index contributed by atoms with van der Waals surface area (Å²) in [7, 11) is 0. The molecule has 0 radical (unpaired) electrons. The van der Waals surface area contributed by atoms with Crippen molar-refractivity contribution in [3.8, 4) is 0 Å². The second-order valence-electron chi connectivity index (χ2n) is 4.11. The summed E-state index contributed by atoms with van der Waals surface area (Å²) in [5.41, 5.74) is 0. The van der Waals surface area contributed by atoms with Crippen molar-refractivity contribution in [1.82, 2.24) is 5.32 Å². The fourth-order valence-electron chi connectivity index (χ4n) is 1.54. The first-order valence-electron chi connectivity index (χ1n) is 5.67. The van der Waals surface area contributed by atoms with E-state index in [2.05, 4.69) is 12.2 Å². The average Bonchev–Trinajstić information content (AvgIpc) is 2.18. The fourth-order valence-corrected chi connectivity index (χ4v) is 1.54. The molecule has 0 aliphatic carbocycles.